The summed E-state index contributed by atoms with van der Waals surface area (Å²) >= 11 is -1.53. The number of unbranched alkanes of at least 4 members (excludes halogenated alkanes) is 1. The molecule has 0 saturated heterocycles. The van der Waals surface area contributed by atoms with E-state index in [1.54, 1.807) is 0 Å². The van der Waals surface area contributed by atoms with Crippen LogP contribution < -0.4 is 0 Å². The van der Waals surface area contributed by atoms with Crippen LogP contribution in [0.4, 0.5) is 0 Å². The fourth-order valence-corrected chi connectivity index (χ4v) is 1.89. The van der Waals surface area contributed by atoms with E-state index in [2.05, 4.69) is 0 Å². The quantitative estimate of drug-likeness (QED) is 0.589. The Morgan fingerprint density at radius 2 is 2.12 bits per heavy atom. The predicted octanol–water partition coefficient (Wildman–Crippen LogP) is 1.49. The summed E-state index contributed by atoms with van der Waals surface area (Å²) < 4.78 is 1.89. The summed E-state index contributed by atoms with van der Waals surface area (Å²) in [6.07, 6.45) is 1.63. The molecule has 4 heteroatoms. The van der Waals surface area contributed by atoms with E-state index in [4.69, 9.17) is 24.5 Å². The molecule has 0 aliphatic carbocycles. The second-order valence-electron chi connectivity index (χ2n) is 1.21. The van der Waals surface area contributed by atoms with Gasteiger partial charge >= 0.3 is 62.1 Å². The van der Waals surface area contributed by atoms with Crippen molar-refractivity contribution in [3.63, 3.8) is 0 Å². The molecule has 0 aromatic rings. The molecular weight excluding hydrogens is 236 g/mol. The summed E-state index contributed by atoms with van der Waals surface area (Å²) in [6.45, 7) is 0.228. The van der Waals surface area contributed by atoms with Gasteiger partial charge in [-0.15, -0.1) is 0 Å². The maximum atomic E-state index is 8.29. The summed E-state index contributed by atoms with van der Waals surface area (Å²) in [5.74, 6) is 0. The van der Waals surface area contributed by atoms with Crippen LogP contribution in [0.15, 0.2) is 0 Å². The molecule has 0 aliphatic heterocycles. The van der Waals surface area contributed by atoms with E-state index in [0.717, 1.165) is 12.8 Å². The number of hydrogen-bond donors (Lipinski definition) is 1. The van der Waals surface area contributed by atoms with Crippen molar-refractivity contribution >= 4 is 24.0 Å². The van der Waals surface area contributed by atoms with Crippen molar-refractivity contribution < 1.29 is 18.6 Å². The standard InChI is InChI=1S/C4H8O.2ClH.Ru/c1-2-3-4-5;;;/h1,5H,2-4H2;2*1H;/q;;;+2/p-2. The molecule has 0 saturated carbocycles. The van der Waals surface area contributed by atoms with E-state index in [-0.39, 0.29) is 6.61 Å². The van der Waals surface area contributed by atoms with E-state index < -0.39 is 13.5 Å². The predicted molar refractivity (Wildman–Crippen MR) is 34.1 cm³/mol. The van der Waals surface area contributed by atoms with Gasteiger partial charge < -0.3 is 0 Å². The van der Waals surface area contributed by atoms with Gasteiger partial charge in [0.1, 0.15) is 0 Å². The first-order valence-electron chi connectivity index (χ1n) is 2.20. The van der Waals surface area contributed by atoms with Crippen molar-refractivity contribution in [3.05, 3.63) is 0 Å². The Bertz CT molecular complexity index is 80.1. The average molecular weight is 244 g/mol. The van der Waals surface area contributed by atoms with Gasteiger partial charge in [-0.1, -0.05) is 0 Å². The first-order valence-corrected chi connectivity index (χ1v) is 7.68. The molecule has 0 unspecified atom stereocenters. The molecule has 0 atom stereocenters. The van der Waals surface area contributed by atoms with Crippen molar-refractivity contribution in [3.8, 4) is 0 Å². The SMILES string of the molecule is OCCC[CH]=[Ru]([Cl])[Cl]. The molecule has 1 N–H and O–H groups in total. The van der Waals surface area contributed by atoms with Crippen molar-refractivity contribution in [1.29, 1.82) is 0 Å². The summed E-state index contributed by atoms with van der Waals surface area (Å²) in [5.41, 5.74) is 0. The van der Waals surface area contributed by atoms with Gasteiger partial charge in [-0.3, -0.25) is 0 Å². The zero-order valence-corrected chi connectivity index (χ0v) is 7.51. The second kappa shape index (κ2) is 6.16. The van der Waals surface area contributed by atoms with Crippen LogP contribution in [0.2, 0.25) is 0 Å². The molecule has 0 aromatic heterocycles. The molecule has 0 amide bonds. The molecule has 52 valence electrons. The molecule has 1 nitrogen and oxygen atoms in total. The molecule has 0 heterocycles. The Morgan fingerprint density at radius 1 is 1.50 bits per heavy atom. The van der Waals surface area contributed by atoms with Crippen LogP contribution >= 0.6 is 19.4 Å². The number of halogens is 2. The van der Waals surface area contributed by atoms with Crippen LogP contribution in [0.25, 0.3) is 0 Å². The van der Waals surface area contributed by atoms with Crippen molar-refractivity contribution in [1.82, 2.24) is 0 Å². The number of aliphatic hydroxyl groups excluding tert-OH is 1. The molecular formula is C4H8Cl2ORu. The van der Waals surface area contributed by atoms with E-state index in [1.807, 2.05) is 4.61 Å². The summed E-state index contributed by atoms with van der Waals surface area (Å²) in [7, 11) is 11.0. The Kier molecular flexibility index (Phi) is 6.95. The summed E-state index contributed by atoms with van der Waals surface area (Å²) in [5, 5.41) is 8.29. The van der Waals surface area contributed by atoms with Crippen LogP contribution in [0.5, 0.6) is 0 Å². The van der Waals surface area contributed by atoms with Crippen molar-refractivity contribution in [2.75, 3.05) is 6.61 Å². The van der Waals surface area contributed by atoms with Gasteiger partial charge in [-0.2, -0.15) is 0 Å². The Morgan fingerprint density at radius 3 is 2.50 bits per heavy atom. The third kappa shape index (κ3) is 7.03. The van der Waals surface area contributed by atoms with E-state index in [9.17, 15) is 0 Å². The fraction of sp³-hybridized carbons (Fsp3) is 0.750. The molecule has 8 heavy (non-hydrogen) atoms. The second-order valence-corrected chi connectivity index (χ2v) is 7.15. The zero-order chi connectivity index (χ0) is 6.41. The van der Waals surface area contributed by atoms with E-state index >= 15 is 0 Å². The third-order valence-corrected chi connectivity index (χ3v) is 2.90. The van der Waals surface area contributed by atoms with Crippen LogP contribution in [0.1, 0.15) is 12.8 Å². The molecule has 0 spiro atoms. The van der Waals surface area contributed by atoms with Gasteiger partial charge in [-0.05, 0) is 0 Å². The molecule has 0 aromatic carbocycles. The molecule has 0 rings (SSSR count). The Hall–Kier alpha value is 1.03. The molecule has 0 radical (unpaired) electrons. The number of rotatable bonds is 3. The van der Waals surface area contributed by atoms with Crippen LogP contribution in [-0.4, -0.2) is 16.3 Å². The van der Waals surface area contributed by atoms with Crippen LogP contribution in [0, 0.1) is 0 Å². The van der Waals surface area contributed by atoms with Gasteiger partial charge in [0, 0.05) is 0 Å². The van der Waals surface area contributed by atoms with E-state index in [0.29, 0.717) is 0 Å². The van der Waals surface area contributed by atoms with Crippen molar-refractivity contribution in [2.45, 2.75) is 12.8 Å². The van der Waals surface area contributed by atoms with Crippen LogP contribution in [0.3, 0.4) is 0 Å². The van der Waals surface area contributed by atoms with Crippen LogP contribution in [-0.2, 0) is 13.5 Å². The Labute approximate surface area is 62.1 Å². The van der Waals surface area contributed by atoms with Gasteiger partial charge in [0.05, 0.1) is 0 Å². The first-order chi connectivity index (χ1) is 3.77. The van der Waals surface area contributed by atoms with E-state index in [1.165, 1.54) is 0 Å². The Balaban J connectivity index is 3.03. The van der Waals surface area contributed by atoms with Crippen molar-refractivity contribution in [2.24, 2.45) is 0 Å². The van der Waals surface area contributed by atoms with Gasteiger partial charge in [-0.25, -0.2) is 0 Å². The van der Waals surface area contributed by atoms with Gasteiger partial charge in [0.2, 0.25) is 0 Å². The minimum atomic E-state index is -1.53. The third-order valence-electron chi connectivity index (χ3n) is 0.573. The van der Waals surface area contributed by atoms with Gasteiger partial charge in [0.15, 0.2) is 0 Å². The minimum absolute atomic E-state index is 0.228. The summed E-state index contributed by atoms with van der Waals surface area (Å²) in [6, 6.07) is 0. The molecule has 0 bridgehead atoms. The number of hydrogen-bond acceptors (Lipinski definition) is 1. The average Bonchev–Trinajstić information content (AvgIpc) is 1.66. The maximum absolute atomic E-state index is 8.29. The fourth-order valence-electron chi connectivity index (χ4n) is 0.241. The summed E-state index contributed by atoms with van der Waals surface area (Å²) in [4.78, 5) is 0. The molecule has 0 fully saturated rings. The normalized spacial score (nSPS) is 11.1. The topological polar surface area (TPSA) is 20.2 Å². The first kappa shape index (κ1) is 9.03. The zero-order valence-electron chi connectivity index (χ0n) is 4.26. The monoisotopic (exact) mass is 244 g/mol. The van der Waals surface area contributed by atoms with Gasteiger partial charge in [0.25, 0.3) is 0 Å². The number of aliphatic hydroxyl groups is 1. The molecule has 0 aliphatic rings.